The van der Waals surface area contributed by atoms with Gasteiger partial charge in [-0.1, -0.05) is 13.3 Å². The Kier molecular flexibility index (Phi) is 2.12. The Labute approximate surface area is 77.8 Å². The van der Waals surface area contributed by atoms with Gasteiger partial charge in [0.15, 0.2) is 5.89 Å². The molecule has 0 saturated carbocycles. The molecule has 1 N–H and O–H groups in total. The zero-order valence-corrected chi connectivity index (χ0v) is 8.08. The molecule has 1 aromatic rings. The van der Waals surface area contributed by atoms with Crippen LogP contribution in [-0.4, -0.2) is 10.1 Å². The molecule has 1 aromatic heterocycles. The van der Waals surface area contributed by atoms with Crippen LogP contribution < -0.4 is 0 Å². The van der Waals surface area contributed by atoms with E-state index in [1.165, 1.54) is 0 Å². The fraction of sp³-hybridized carbons (Fsp3) is 0.700. The molecule has 0 amide bonds. The van der Waals surface area contributed by atoms with Crippen molar-refractivity contribution in [3.05, 3.63) is 17.3 Å². The number of hydrogen-bond acceptors (Lipinski definition) is 3. The van der Waals surface area contributed by atoms with Crippen LogP contribution in [0, 0.1) is 12.8 Å². The fourth-order valence-electron chi connectivity index (χ4n) is 2.02. The van der Waals surface area contributed by atoms with Gasteiger partial charge in [0.2, 0.25) is 0 Å². The van der Waals surface area contributed by atoms with E-state index in [4.69, 9.17) is 4.42 Å². The first-order valence-electron chi connectivity index (χ1n) is 4.86. The zero-order valence-electron chi connectivity index (χ0n) is 8.08. The molecule has 13 heavy (non-hydrogen) atoms. The Balaban J connectivity index is 2.33. The van der Waals surface area contributed by atoms with Crippen molar-refractivity contribution in [1.82, 2.24) is 4.98 Å². The number of fused-ring (bicyclic) bond motifs is 1. The first kappa shape index (κ1) is 8.75. The van der Waals surface area contributed by atoms with Crippen LogP contribution in [0.15, 0.2) is 4.42 Å². The van der Waals surface area contributed by atoms with Gasteiger partial charge >= 0.3 is 0 Å². The van der Waals surface area contributed by atoms with Gasteiger partial charge < -0.3 is 9.52 Å². The average Bonchev–Trinajstić information content (AvgIpc) is 2.47. The van der Waals surface area contributed by atoms with Crippen LogP contribution >= 0.6 is 0 Å². The van der Waals surface area contributed by atoms with Crippen LogP contribution in [0.2, 0.25) is 0 Å². The lowest BCUT2D eigenvalue weighted by atomic mass is 9.86. The van der Waals surface area contributed by atoms with Crippen LogP contribution in [0.5, 0.6) is 0 Å². The minimum atomic E-state index is -0.411. The molecule has 2 atom stereocenters. The van der Waals surface area contributed by atoms with Crippen LogP contribution in [0.25, 0.3) is 0 Å². The molecule has 0 saturated heterocycles. The highest BCUT2D eigenvalue weighted by atomic mass is 16.4. The normalized spacial score (nSPS) is 27.3. The summed E-state index contributed by atoms with van der Waals surface area (Å²) < 4.78 is 5.40. The van der Waals surface area contributed by atoms with Gasteiger partial charge in [0.05, 0.1) is 0 Å². The zero-order chi connectivity index (χ0) is 9.42. The van der Waals surface area contributed by atoms with Crippen molar-refractivity contribution in [2.75, 3.05) is 0 Å². The van der Waals surface area contributed by atoms with E-state index < -0.39 is 6.10 Å². The minimum Gasteiger partial charge on any atom is -0.446 e. The lowest BCUT2D eigenvalue weighted by Gasteiger charge is -2.24. The summed E-state index contributed by atoms with van der Waals surface area (Å²) in [5, 5.41) is 9.91. The Bertz CT molecular complexity index is 306. The highest BCUT2D eigenvalue weighted by molar-refractivity contribution is 5.17. The second-order valence-electron chi connectivity index (χ2n) is 3.69. The molecule has 0 aromatic carbocycles. The second kappa shape index (κ2) is 3.14. The van der Waals surface area contributed by atoms with E-state index in [1.54, 1.807) is 0 Å². The number of aryl methyl sites for hydroxylation is 2. The molecule has 72 valence electrons. The van der Waals surface area contributed by atoms with Crippen molar-refractivity contribution in [2.45, 2.75) is 39.2 Å². The summed E-state index contributed by atoms with van der Waals surface area (Å²) in [6.45, 7) is 3.93. The van der Waals surface area contributed by atoms with Crippen molar-refractivity contribution < 1.29 is 9.52 Å². The largest absolute Gasteiger partial charge is 0.446 e. The van der Waals surface area contributed by atoms with Crippen molar-refractivity contribution in [2.24, 2.45) is 5.92 Å². The quantitative estimate of drug-likeness (QED) is 0.720. The Morgan fingerprint density at radius 1 is 1.62 bits per heavy atom. The Hall–Kier alpha value is -0.830. The first-order chi connectivity index (χ1) is 6.22. The van der Waals surface area contributed by atoms with Crippen molar-refractivity contribution in [3.8, 4) is 0 Å². The number of oxazole rings is 1. The molecule has 0 radical (unpaired) electrons. The van der Waals surface area contributed by atoms with E-state index in [-0.39, 0.29) is 0 Å². The van der Waals surface area contributed by atoms with E-state index in [2.05, 4.69) is 11.9 Å². The summed E-state index contributed by atoms with van der Waals surface area (Å²) in [5.41, 5.74) is 0.774. The molecule has 3 nitrogen and oxygen atoms in total. The van der Waals surface area contributed by atoms with Gasteiger partial charge in [-0.05, 0) is 12.3 Å². The molecule has 0 spiro atoms. The van der Waals surface area contributed by atoms with Gasteiger partial charge in [-0.3, -0.25) is 0 Å². The minimum absolute atomic E-state index is 0.358. The molecule has 0 bridgehead atoms. The van der Waals surface area contributed by atoms with Gasteiger partial charge in [-0.25, -0.2) is 4.98 Å². The summed E-state index contributed by atoms with van der Waals surface area (Å²) in [7, 11) is 0. The summed E-state index contributed by atoms with van der Waals surface area (Å²) >= 11 is 0. The highest BCUT2D eigenvalue weighted by Gasteiger charge is 2.30. The predicted octanol–water partition coefficient (Wildman–Crippen LogP) is 1.99. The van der Waals surface area contributed by atoms with Crippen molar-refractivity contribution in [3.63, 3.8) is 0 Å². The highest BCUT2D eigenvalue weighted by Crippen LogP contribution is 2.35. The number of aliphatic hydroxyl groups is 1. The summed E-state index contributed by atoms with van der Waals surface area (Å²) in [6, 6.07) is 0. The molecule has 0 fully saturated rings. The Morgan fingerprint density at radius 3 is 3.08 bits per heavy atom. The number of nitrogens with zero attached hydrogens (tertiary/aromatic N) is 1. The van der Waals surface area contributed by atoms with Gasteiger partial charge in [0, 0.05) is 13.3 Å². The number of aliphatic hydroxyl groups excluding tert-OH is 1. The maximum atomic E-state index is 9.91. The smallest absolute Gasteiger partial charge is 0.191 e. The van der Waals surface area contributed by atoms with Crippen LogP contribution in [0.3, 0.4) is 0 Å². The number of aromatic nitrogens is 1. The lowest BCUT2D eigenvalue weighted by Crippen LogP contribution is -2.19. The third-order valence-corrected chi connectivity index (χ3v) is 2.83. The first-order valence-corrected chi connectivity index (χ1v) is 4.86. The molecular weight excluding hydrogens is 166 g/mol. The summed E-state index contributed by atoms with van der Waals surface area (Å²) in [5.74, 6) is 1.91. The topological polar surface area (TPSA) is 46.3 Å². The van der Waals surface area contributed by atoms with Gasteiger partial charge in [-0.15, -0.1) is 0 Å². The van der Waals surface area contributed by atoms with E-state index in [1.807, 2.05) is 6.92 Å². The van der Waals surface area contributed by atoms with Crippen LogP contribution in [0.4, 0.5) is 0 Å². The van der Waals surface area contributed by atoms with Gasteiger partial charge in [0.25, 0.3) is 0 Å². The molecule has 2 unspecified atom stereocenters. The molecule has 2 rings (SSSR count). The molecule has 1 heterocycles. The lowest BCUT2D eigenvalue weighted by molar-refractivity contribution is 0.0845. The van der Waals surface area contributed by atoms with E-state index in [9.17, 15) is 5.11 Å². The number of hydrogen-bond donors (Lipinski definition) is 1. The molecular formula is C10H15NO2. The predicted molar refractivity (Wildman–Crippen MR) is 48.3 cm³/mol. The third kappa shape index (κ3) is 1.37. The van der Waals surface area contributed by atoms with E-state index >= 15 is 0 Å². The summed E-state index contributed by atoms with van der Waals surface area (Å²) in [4.78, 5) is 4.21. The van der Waals surface area contributed by atoms with Crippen molar-refractivity contribution in [1.29, 1.82) is 0 Å². The maximum absolute atomic E-state index is 9.91. The van der Waals surface area contributed by atoms with E-state index in [0.717, 1.165) is 30.7 Å². The van der Waals surface area contributed by atoms with Gasteiger partial charge in [-0.2, -0.15) is 0 Å². The number of rotatable bonds is 1. The van der Waals surface area contributed by atoms with Crippen LogP contribution in [-0.2, 0) is 6.42 Å². The SMILES string of the molecule is CCC1CCc2oc(C)nc2C1O. The monoisotopic (exact) mass is 181 g/mol. The second-order valence-corrected chi connectivity index (χ2v) is 3.69. The molecule has 1 aliphatic rings. The van der Waals surface area contributed by atoms with E-state index in [0.29, 0.717) is 11.8 Å². The molecule has 3 heteroatoms. The Morgan fingerprint density at radius 2 is 2.38 bits per heavy atom. The van der Waals surface area contributed by atoms with Gasteiger partial charge in [0.1, 0.15) is 17.6 Å². The molecule has 1 aliphatic carbocycles. The third-order valence-electron chi connectivity index (χ3n) is 2.83. The van der Waals surface area contributed by atoms with Crippen molar-refractivity contribution >= 4 is 0 Å². The maximum Gasteiger partial charge on any atom is 0.191 e. The average molecular weight is 181 g/mol. The van der Waals surface area contributed by atoms with Crippen LogP contribution in [0.1, 0.15) is 43.2 Å². The summed E-state index contributed by atoms with van der Waals surface area (Å²) in [6.07, 6.45) is 2.53. The fourth-order valence-corrected chi connectivity index (χ4v) is 2.02. The molecule has 0 aliphatic heterocycles. The standard InChI is InChI=1S/C10H15NO2/c1-3-7-4-5-8-9(10(7)12)11-6(2)13-8/h7,10,12H,3-5H2,1-2H3.